The zero-order valence-electron chi connectivity index (χ0n) is 15.8. The van der Waals surface area contributed by atoms with Gasteiger partial charge in [-0.3, -0.25) is 19.7 Å². The Morgan fingerprint density at radius 2 is 1.93 bits per heavy atom. The molecule has 1 N–H and O–H groups in total. The van der Waals surface area contributed by atoms with Crippen LogP contribution in [-0.4, -0.2) is 46.2 Å². The van der Waals surface area contributed by atoms with E-state index in [1.165, 1.54) is 0 Å². The van der Waals surface area contributed by atoms with Crippen molar-refractivity contribution in [3.05, 3.63) is 59.2 Å². The molecule has 1 fully saturated rings. The Morgan fingerprint density at radius 3 is 2.66 bits per heavy atom. The van der Waals surface area contributed by atoms with Crippen LogP contribution in [0.15, 0.2) is 47.4 Å². The van der Waals surface area contributed by atoms with Crippen molar-refractivity contribution in [1.82, 2.24) is 10.2 Å². The second-order valence-electron chi connectivity index (χ2n) is 6.87. The molecule has 0 spiro atoms. The van der Waals surface area contributed by atoms with E-state index in [9.17, 15) is 14.4 Å². The maximum absolute atomic E-state index is 12.7. The third kappa shape index (κ3) is 4.43. The fourth-order valence-corrected chi connectivity index (χ4v) is 5.27. The van der Waals surface area contributed by atoms with Gasteiger partial charge in [0, 0.05) is 4.90 Å². The van der Waals surface area contributed by atoms with Crippen LogP contribution < -0.4 is 10.1 Å². The number of carbonyl (C=O) groups excluding carboxylic acids is 3. The van der Waals surface area contributed by atoms with Crippen molar-refractivity contribution in [2.45, 2.75) is 23.5 Å². The van der Waals surface area contributed by atoms with Gasteiger partial charge in [0.1, 0.15) is 12.4 Å². The second kappa shape index (κ2) is 8.51. The van der Waals surface area contributed by atoms with Gasteiger partial charge in [0.25, 0.3) is 11.1 Å². The van der Waals surface area contributed by atoms with E-state index in [2.05, 4.69) is 5.32 Å². The lowest BCUT2D eigenvalue weighted by Gasteiger charge is -2.28. The zero-order valence-corrected chi connectivity index (χ0v) is 17.5. The molecule has 2 aliphatic heterocycles. The number of aryl methyl sites for hydroxylation is 1. The van der Waals surface area contributed by atoms with Gasteiger partial charge in [-0.05, 0) is 42.7 Å². The van der Waals surface area contributed by atoms with E-state index in [1.807, 2.05) is 49.4 Å². The van der Waals surface area contributed by atoms with Gasteiger partial charge in [-0.25, -0.2) is 0 Å². The van der Waals surface area contributed by atoms with E-state index in [4.69, 9.17) is 4.74 Å². The summed E-state index contributed by atoms with van der Waals surface area (Å²) in [7, 11) is 0. The number of imide groups is 1. The summed E-state index contributed by atoms with van der Waals surface area (Å²) < 4.78 is 5.80. The van der Waals surface area contributed by atoms with E-state index < -0.39 is 0 Å². The van der Waals surface area contributed by atoms with E-state index in [-0.39, 0.29) is 22.3 Å². The summed E-state index contributed by atoms with van der Waals surface area (Å²) in [5.74, 6) is 1.15. The molecule has 29 heavy (non-hydrogen) atoms. The van der Waals surface area contributed by atoms with Crippen LogP contribution >= 0.6 is 23.5 Å². The standard InChI is InChI=1S/C21H20N2O4S2/c1-13-3-2-4-16-18(13)20(25)23(12-28-16)9-10-27-15-7-5-14(6-8-15)11-17-19(24)22-21(26)29-17/h2-8,17H,9-12H2,1H3,(H,22,24,26). The highest BCUT2D eigenvalue weighted by molar-refractivity contribution is 8.15. The van der Waals surface area contributed by atoms with Crippen LogP contribution in [-0.2, 0) is 11.2 Å². The molecule has 1 saturated heterocycles. The Bertz CT molecular complexity index is 962. The smallest absolute Gasteiger partial charge is 0.286 e. The topological polar surface area (TPSA) is 75.7 Å². The fraction of sp³-hybridized carbons (Fsp3) is 0.286. The first-order valence-corrected chi connectivity index (χ1v) is 11.1. The van der Waals surface area contributed by atoms with Crippen LogP contribution in [0.4, 0.5) is 4.79 Å². The predicted molar refractivity (Wildman–Crippen MR) is 113 cm³/mol. The van der Waals surface area contributed by atoms with Gasteiger partial charge < -0.3 is 9.64 Å². The van der Waals surface area contributed by atoms with Crippen molar-refractivity contribution in [2.75, 3.05) is 19.0 Å². The second-order valence-corrected chi connectivity index (χ2v) is 9.03. The van der Waals surface area contributed by atoms with Crippen molar-refractivity contribution in [2.24, 2.45) is 0 Å². The molecule has 2 aliphatic rings. The minimum atomic E-state index is -0.372. The SMILES string of the molecule is Cc1cccc2c1C(=O)N(CCOc1ccc(CC3SC(=O)NC3=O)cc1)CS2. The van der Waals surface area contributed by atoms with E-state index in [1.54, 1.807) is 16.7 Å². The molecule has 2 aromatic rings. The molecule has 1 unspecified atom stereocenters. The molecule has 0 radical (unpaired) electrons. The average molecular weight is 429 g/mol. The summed E-state index contributed by atoms with van der Waals surface area (Å²) in [6.45, 7) is 2.88. The van der Waals surface area contributed by atoms with Crippen LogP contribution in [0.1, 0.15) is 21.5 Å². The molecule has 8 heteroatoms. The molecule has 0 aliphatic carbocycles. The predicted octanol–water partition coefficient (Wildman–Crippen LogP) is 3.47. The van der Waals surface area contributed by atoms with Crippen LogP contribution in [0.5, 0.6) is 5.75 Å². The third-order valence-corrected chi connectivity index (χ3v) is 6.93. The summed E-state index contributed by atoms with van der Waals surface area (Å²) in [4.78, 5) is 38.5. The fourth-order valence-electron chi connectivity index (χ4n) is 3.30. The van der Waals surface area contributed by atoms with Gasteiger partial charge in [0.2, 0.25) is 5.91 Å². The van der Waals surface area contributed by atoms with Gasteiger partial charge in [0.15, 0.2) is 0 Å². The minimum absolute atomic E-state index is 0.0534. The summed E-state index contributed by atoms with van der Waals surface area (Å²) in [6, 6.07) is 13.4. The van der Waals surface area contributed by atoms with E-state index >= 15 is 0 Å². The maximum atomic E-state index is 12.7. The highest BCUT2D eigenvalue weighted by Gasteiger charge is 2.31. The van der Waals surface area contributed by atoms with Crippen LogP contribution in [0.2, 0.25) is 0 Å². The van der Waals surface area contributed by atoms with E-state index in [0.717, 1.165) is 33.3 Å². The first-order chi connectivity index (χ1) is 14.0. The van der Waals surface area contributed by atoms with Crippen LogP contribution in [0.3, 0.4) is 0 Å². The Kier molecular flexibility index (Phi) is 5.82. The van der Waals surface area contributed by atoms with Crippen molar-refractivity contribution in [3.63, 3.8) is 0 Å². The molecule has 1 atom stereocenters. The van der Waals surface area contributed by atoms with Crippen LogP contribution in [0, 0.1) is 6.92 Å². The molecular weight excluding hydrogens is 408 g/mol. The number of nitrogens with one attached hydrogen (secondary N) is 1. The lowest BCUT2D eigenvalue weighted by atomic mass is 10.1. The Hall–Kier alpha value is -2.45. The number of amides is 3. The number of carbonyl (C=O) groups is 3. The molecule has 0 aromatic heterocycles. The Labute approximate surface area is 177 Å². The average Bonchev–Trinajstić information content (AvgIpc) is 3.02. The lowest BCUT2D eigenvalue weighted by Crippen LogP contribution is -2.37. The quantitative estimate of drug-likeness (QED) is 0.759. The normalized spacial score (nSPS) is 18.6. The van der Waals surface area contributed by atoms with Crippen molar-refractivity contribution >= 4 is 40.6 Å². The molecular formula is C21H20N2O4S2. The number of hydrogen-bond donors (Lipinski definition) is 1. The molecule has 2 aromatic carbocycles. The molecule has 0 saturated carbocycles. The van der Waals surface area contributed by atoms with Crippen molar-refractivity contribution in [3.8, 4) is 5.75 Å². The maximum Gasteiger partial charge on any atom is 0.286 e. The number of rotatable bonds is 6. The summed E-state index contributed by atoms with van der Waals surface area (Å²) in [5.41, 5.74) is 2.76. The number of thioether (sulfide) groups is 2. The van der Waals surface area contributed by atoms with Crippen molar-refractivity contribution < 1.29 is 19.1 Å². The summed E-state index contributed by atoms with van der Waals surface area (Å²) in [6.07, 6.45) is 0.501. The van der Waals surface area contributed by atoms with Gasteiger partial charge in [0.05, 0.1) is 23.2 Å². The molecule has 6 nitrogen and oxygen atoms in total. The number of fused-ring (bicyclic) bond motifs is 1. The summed E-state index contributed by atoms with van der Waals surface area (Å²) in [5, 5.41) is 1.64. The monoisotopic (exact) mass is 428 g/mol. The van der Waals surface area contributed by atoms with Gasteiger partial charge in [-0.15, -0.1) is 11.8 Å². The molecule has 3 amide bonds. The number of hydrogen-bond acceptors (Lipinski definition) is 6. The number of benzene rings is 2. The lowest BCUT2D eigenvalue weighted by molar-refractivity contribution is -0.118. The van der Waals surface area contributed by atoms with Crippen LogP contribution in [0.25, 0.3) is 0 Å². The number of nitrogens with zero attached hydrogens (tertiary/aromatic N) is 1. The van der Waals surface area contributed by atoms with Gasteiger partial charge in [-0.2, -0.15) is 0 Å². The summed E-state index contributed by atoms with van der Waals surface area (Å²) >= 11 is 2.70. The minimum Gasteiger partial charge on any atom is -0.492 e. The molecule has 4 rings (SSSR count). The molecule has 150 valence electrons. The molecule has 2 heterocycles. The first-order valence-electron chi connectivity index (χ1n) is 9.26. The largest absolute Gasteiger partial charge is 0.492 e. The van der Waals surface area contributed by atoms with Gasteiger partial charge >= 0.3 is 0 Å². The van der Waals surface area contributed by atoms with E-state index in [0.29, 0.717) is 31.2 Å². The zero-order chi connectivity index (χ0) is 20.4. The first kappa shape index (κ1) is 19.8. The highest BCUT2D eigenvalue weighted by Crippen LogP contribution is 2.32. The van der Waals surface area contributed by atoms with Crippen molar-refractivity contribution in [1.29, 1.82) is 0 Å². The molecule has 0 bridgehead atoms. The Morgan fingerprint density at radius 1 is 1.14 bits per heavy atom. The van der Waals surface area contributed by atoms with Gasteiger partial charge in [-0.1, -0.05) is 36.0 Å². The highest BCUT2D eigenvalue weighted by atomic mass is 32.2. The number of ether oxygens (including phenoxy) is 1. The third-order valence-electron chi connectivity index (χ3n) is 4.85. The Balaban J connectivity index is 1.29.